The van der Waals surface area contributed by atoms with Gasteiger partial charge in [-0.25, -0.2) is 0 Å². The molecule has 1 aliphatic carbocycles. The van der Waals surface area contributed by atoms with Crippen LogP contribution in [0.25, 0.3) is 16.7 Å². The monoisotopic (exact) mass is 413 g/mol. The van der Waals surface area contributed by atoms with E-state index < -0.39 is 9.85 Å². The third-order valence-corrected chi connectivity index (χ3v) is 5.46. The summed E-state index contributed by atoms with van der Waals surface area (Å²) in [7, 11) is 1.88. The molecule has 2 aliphatic rings. The average molecular weight is 413 g/mol. The van der Waals surface area contributed by atoms with E-state index in [0.717, 1.165) is 22.6 Å². The molecule has 1 heterocycles. The predicted octanol–water partition coefficient (Wildman–Crippen LogP) is 5.29. The van der Waals surface area contributed by atoms with Crippen molar-refractivity contribution >= 4 is 22.6 Å². The van der Waals surface area contributed by atoms with E-state index in [0.29, 0.717) is 22.6 Å². The van der Waals surface area contributed by atoms with Crippen LogP contribution in [0, 0.1) is 20.2 Å². The van der Waals surface area contributed by atoms with E-state index in [2.05, 4.69) is 0 Å². The molecular formula is C23H15N3O5. The molecule has 0 N–H and O–H groups in total. The molecule has 8 heteroatoms. The first kappa shape index (κ1) is 18.6. The fourth-order valence-corrected chi connectivity index (χ4v) is 3.95. The molecule has 0 atom stereocenters. The predicted molar refractivity (Wildman–Crippen MR) is 116 cm³/mol. The summed E-state index contributed by atoms with van der Waals surface area (Å²) in [6, 6.07) is 16.9. The van der Waals surface area contributed by atoms with Gasteiger partial charge in [0.05, 0.1) is 15.5 Å². The molecular weight excluding hydrogens is 398 g/mol. The van der Waals surface area contributed by atoms with Gasteiger partial charge >= 0.3 is 0 Å². The van der Waals surface area contributed by atoms with Crippen molar-refractivity contribution in [3.05, 3.63) is 110 Å². The molecule has 3 aromatic carbocycles. The lowest BCUT2D eigenvalue weighted by atomic mass is 10.0. The maximum atomic E-state index is 11.3. The normalized spacial score (nSPS) is 14.7. The molecule has 152 valence electrons. The summed E-state index contributed by atoms with van der Waals surface area (Å²) < 4.78 is 5.90. The first-order valence-electron chi connectivity index (χ1n) is 9.44. The molecule has 8 nitrogen and oxygen atoms in total. The Labute approximate surface area is 176 Å². The number of nitrogens with zero attached hydrogens (tertiary/aromatic N) is 3. The zero-order chi connectivity index (χ0) is 21.7. The highest BCUT2D eigenvalue weighted by molar-refractivity contribution is 6.02. The van der Waals surface area contributed by atoms with Crippen LogP contribution in [0.1, 0.15) is 11.1 Å². The molecule has 0 saturated heterocycles. The van der Waals surface area contributed by atoms with Gasteiger partial charge in [-0.3, -0.25) is 20.2 Å². The van der Waals surface area contributed by atoms with E-state index in [1.807, 2.05) is 36.2 Å². The van der Waals surface area contributed by atoms with Crippen LogP contribution < -0.4 is 9.64 Å². The molecule has 0 aromatic heterocycles. The SMILES string of the molecule is CN1C(=CC=C2c3cc([N+](=O)[O-])ccc3-c3ccc([N+](=O)[O-])cc32)Oc2ccccc21. The smallest absolute Gasteiger partial charge is 0.270 e. The highest BCUT2D eigenvalue weighted by atomic mass is 16.6. The Kier molecular flexibility index (Phi) is 4.07. The minimum Gasteiger partial charge on any atom is -0.439 e. The van der Waals surface area contributed by atoms with Crippen molar-refractivity contribution in [2.24, 2.45) is 0 Å². The molecule has 5 rings (SSSR count). The molecule has 0 radical (unpaired) electrons. The Balaban J connectivity index is 1.66. The second kappa shape index (κ2) is 6.81. The van der Waals surface area contributed by atoms with E-state index in [9.17, 15) is 20.2 Å². The summed E-state index contributed by atoms with van der Waals surface area (Å²) >= 11 is 0. The van der Waals surface area contributed by atoms with Crippen molar-refractivity contribution in [2.45, 2.75) is 0 Å². The van der Waals surface area contributed by atoms with E-state index in [-0.39, 0.29) is 11.4 Å². The van der Waals surface area contributed by atoms with Gasteiger partial charge in [0.25, 0.3) is 11.4 Å². The Morgan fingerprint density at radius 2 is 1.39 bits per heavy atom. The number of fused-ring (bicyclic) bond motifs is 4. The van der Waals surface area contributed by atoms with E-state index in [1.165, 1.54) is 24.3 Å². The average Bonchev–Trinajstić information content (AvgIpc) is 3.25. The third-order valence-electron chi connectivity index (χ3n) is 5.46. The third kappa shape index (κ3) is 2.93. The fourth-order valence-electron chi connectivity index (χ4n) is 3.95. The van der Waals surface area contributed by atoms with Gasteiger partial charge < -0.3 is 9.64 Å². The van der Waals surface area contributed by atoms with Crippen molar-refractivity contribution in [3.8, 4) is 16.9 Å². The van der Waals surface area contributed by atoms with Gasteiger partial charge in [0, 0.05) is 31.3 Å². The molecule has 0 spiro atoms. The number of anilines is 1. The number of hydrogen-bond acceptors (Lipinski definition) is 6. The van der Waals surface area contributed by atoms with Gasteiger partial charge in [-0.1, -0.05) is 12.1 Å². The van der Waals surface area contributed by atoms with Crippen molar-refractivity contribution in [2.75, 3.05) is 11.9 Å². The van der Waals surface area contributed by atoms with Crippen LogP contribution in [-0.4, -0.2) is 16.9 Å². The van der Waals surface area contributed by atoms with Gasteiger partial charge in [0.1, 0.15) is 0 Å². The van der Waals surface area contributed by atoms with Crippen LogP contribution in [0.3, 0.4) is 0 Å². The summed E-state index contributed by atoms with van der Waals surface area (Å²) in [4.78, 5) is 23.6. The van der Waals surface area contributed by atoms with Crippen molar-refractivity contribution in [3.63, 3.8) is 0 Å². The van der Waals surface area contributed by atoms with E-state index in [1.54, 1.807) is 24.3 Å². The van der Waals surface area contributed by atoms with Gasteiger partial charge in [0.2, 0.25) is 0 Å². The molecule has 3 aromatic rings. The number of allylic oxidation sites excluding steroid dienone is 2. The van der Waals surface area contributed by atoms with Gasteiger partial charge in [-0.15, -0.1) is 0 Å². The fraction of sp³-hybridized carbons (Fsp3) is 0.0435. The van der Waals surface area contributed by atoms with E-state index in [4.69, 9.17) is 4.74 Å². The maximum Gasteiger partial charge on any atom is 0.270 e. The summed E-state index contributed by atoms with van der Waals surface area (Å²) in [5.41, 5.74) is 4.40. The van der Waals surface area contributed by atoms with Gasteiger partial charge in [0.15, 0.2) is 11.6 Å². The second-order valence-corrected chi connectivity index (χ2v) is 7.19. The Bertz CT molecular complexity index is 1280. The summed E-state index contributed by atoms with van der Waals surface area (Å²) in [5.74, 6) is 1.31. The van der Waals surface area contributed by atoms with Crippen molar-refractivity contribution in [1.29, 1.82) is 0 Å². The Hall–Kier alpha value is -4.46. The quantitative estimate of drug-likeness (QED) is 0.334. The number of ether oxygens (including phenoxy) is 1. The summed E-state index contributed by atoms with van der Waals surface area (Å²) in [6.07, 6.45) is 3.56. The number of para-hydroxylation sites is 2. The van der Waals surface area contributed by atoms with Crippen LogP contribution in [0.4, 0.5) is 17.1 Å². The van der Waals surface area contributed by atoms with Gasteiger partial charge in [-0.05, 0) is 64.2 Å². The standard InChI is InChI=1S/C23H15N3O5/c1-24-21-4-2-3-5-22(21)31-23(24)11-10-18-19-12-14(25(27)28)6-8-16(19)17-9-7-15(26(29)30)13-20(17)18/h2-13H,1H3. The van der Waals surface area contributed by atoms with Crippen molar-refractivity contribution in [1.82, 2.24) is 0 Å². The Morgan fingerprint density at radius 1 is 0.806 bits per heavy atom. The Morgan fingerprint density at radius 3 is 1.94 bits per heavy atom. The van der Waals surface area contributed by atoms with Crippen LogP contribution in [0.2, 0.25) is 0 Å². The van der Waals surface area contributed by atoms with Crippen LogP contribution in [0.5, 0.6) is 5.75 Å². The van der Waals surface area contributed by atoms with Crippen LogP contribution >= 0.6 is 0 Å². The summed E-state index contributed by atoms with van der Waals surface area (Å²) in [5, 5.41) is 22.6. The maximum absolute atomic E-state index is 11.3. The molecule has 0 bridgehead atoms. The molecule has 31 heavy (non-hydrogen) atoms. The summed E-state index contributed by atoms with van der Waals surface area (Å²) in [6.45, 7) is 0. The first-order valence-corrected chi connectivity index (χ1v) is 9.44. The zero-order valence-corrected chi connectivity index (χ0v) is 16.3. The molecule has 0 saturated carbocycles. The van der Waals surface area contributed by atoms with Crippen LogP contribution in [0.15, 0.2) is 78.7 Å². The highest BCUT2D eigenvalue weighted by Crippen LogP contribution is 2.47. The number of nitro groups is 2. The number of non-ortho nitro benzene ring substituents is 2. The second-order valence-electron chi connectivity index (χ2n) is 7.19. The lowest BCUT2D eigenvalue weighted by Crippen LogP contribution is -2.12. The minimum absolute atomic E-state index is 0.0405. The largest absolute Gasteiger partial charge is 0.439 e. The number of benzene rings is 3. The molecule has 0 fully saturated rings. The lowest BCUT2D eigenvalue weighted by molar-refractivity contribution is -0.385. The topological polar surface area (TPSA) is 98.8 Å². The lowest BCUT2D eigenvalue weighted by Gasteiger charge is -2.10. The van der Waals surface area contributed by atoms with Crippen LogP contribution in [-0.2, 0) is 0 Å². The minimum atomic E-state index is -0.452. The molecule has 0 unspecified atom stereocenters. The van der Waals surface area contributed by atoms with E-state index >= 15 is 0 Å². The number of rotatable bonds is 3. The number of nitro benzene ring substituents is 2. The first-order chi connectivity index (χ1) is 14.9. The van der Waals surface area contributed by atoms with Gasteiger partial charge in [-0.2, -0.15) is 0 Å². The molecule has 0 amide bonds. The number of hydrogen-bond donors (Lipinski definition) is 0. The highest BCUT2D eigenvalue weighted by Gasteiger charge is 2.28. The molecule has 1 aliphatic heterocycles. The van der Waals surface area contributed by atoms with Crippen molar-refractivity contribution < 1.29 is 14.6 Å². The zero-order valence-electron chi connectivity index (χ0n) is 16.3.